The Morgan fingerprint density at radius 2 is 1.95 bits per heavy atom. The second-order valence-electron chi connectivity index (χ2n) is 5.65. The van der Waals surface area contributed by atoms with Crippen molar-refractivity contribution in [2.24, 2.45) is 0 Å². The summed E-state index contributed by atoms with van der Waals surface area (Å²) >= 11 is 0. The molecule has 1 saturated carbocycles. The Morgan fingerprint density at radius 1 is 1.29 bits per heavy atom. The lowest BCUT2D eigenvalue weighted by Gasteiger charge is -2.35. The first-order valence-electron chi connectivity index (χ1n) is 7.33. The molecule has 0 aromatic heterocycles. The van der Waals surface area contributed by atoms with Gasteiger partial charge in [-0.05, 0) is 36.5 Å². The van der Waals surface area contributed by atoms with E-state index in [0.29, 0.717) is 24.9 Å². The molecular weight excluding hydrogens is 272 g/mol. The van der Waals surface area contributed by atoms with Gasteiger partial charge in [-0.15, -0.1) is 0 Å². The summed E-state index contributed by atoms with van der Waals surface area (Å²) in [7, 11) is 1.49. The number of aromatic carboxylic acids is 1. The molecule has 21 heavy (non-hydrogen) atoms. The Bertz CT molecular complexity index is 523. The Hall–Kier alpha value is -1.59. The quantitative estimate of drug-likeness (QED) is 0.928. The minimum Gasteiger partial charge on any atom is -0.496 e. The van der Waals surface area contributed by atoms with Crippen LogP contribution in [0.2, 0.25) is 0 Å². The van der Waals surface area contributed by atoms with Crippen molar-refractivity contribution in [1.82, 2.24) is 0 Å². The normalized spacial score (nSPS) is 21.6. The molecule has 0 amide bonds. The van der Waals surface area contributed by atoms with Gasteiger partial charge in [-0.25, -0.2) is 4.79 Å². The summed E-state index contributed by atoms with van der Waals surface area (Å²) in [6.07, 6.45) is 3.63. The SMILES string of the molecule is COc1ccc(C2CCC3(CC2)OCCO3)cc1C(=O)O. The monoisotopic (exact) mass is 292 g/mol. The van der Waals surface area contributed by atoms with Gasteiger partial charge in [0.2, 0.25) is 0 Å². The number of carbonyl (C=O) groups is 1. The maximum Gasteiger partial charge on any atom is 0.339 e. The minimum absolute atomic E-state index is 0.226. The van der Waals surface area contributed by atoms with Crippen molar-refractivity contribution in [2.75, 3.05) is 20.3 Å². The summed E-state index contributed by atoms with van der Waals surface area (Å²) in [5, 5.41) is 9.27. The molecule has 5 heteroatoms. The number of hydrogen-bond donors (Lipinski definition) is 1. The van der Waals surface area contributed by atoms with Crippen molar-refractivity contribution in [3.05, 3.63) is 29.3 Å². The van der Waals surface area contributed by atoms with Crippen LogP contribution >= 0.6 is 0 Å². The maximum atomic E-state index is 11.3. The molecule has 114 valence electrons. The predicted molar refractivity (Wildman–Crippen MR) is 75.8 cm³/mol. The topological polar surface area (TPSA) is 65.0 Å². The maximum absolute atomic E-state index is 11.3. The van der Waals surface area contributed by atoms with Crippen molar-refractivity contribution >= 4 is 5.97 Å². The molecule has 1 aromatic rings. The number of carboxylic acids is 1. The van der Waals surface area contributed by atoms with Crippen molar-refractivity contribution in [1.29, 1.82) is 0 Å². The zero-order valence-corrected chi connectivity index (χ0v) is 12.1. The molecule has 1 spiro atoms. The highest BCUT2D eigenvalue weighted by atomic mass is 16.7. The third kappa shape index (κ3) is 2.76. The van der Waals surface area contributed by atoms with Crippen LogP contribution in [0.15, 0.2) is 18.2 Å². The lowest BCUT2D eigenvalue weighted by atomic mass is 9.80. The van der Waals surface area contributed by atoms with Crippen LogP contribution in [0.5, 0.6) is 5.75 Å². The second kappa shape index (κ2) is 5.66. The van der Waals surface area contributed by atoms with Crippen LogP contribution in [0.1, 0.15) is 47.5 Å². The van der Waals surface area contributed by atoms with Crippen LogP contribution in [0.3, 0.4) is 0 Å². The Balaban J connectivity index is 1.76. The molecule has 0 unspecified atom stereocenters. The molecule has 0 atom stereocenters. The van der Waals surface area contributed by atoms with Gasteiger partial charge in [-0.2, -0.15) is 0 Å². The van der Waals surface area contributed by atoms with Gasteiger partial charge in [-0.3, -0.25) is 0 Å². The molecule has 1 saturated heterocycles. The highest BCUT2D eigenvalue weighted by molar-refractivity contribution is 5.91. The average molecular weight is 292 g/mol. The minimum atomic E-state index is -0.955. The van der Waals surface area contributed by atoms with Crippen LogP contribution in [-0.4, -0.2) is 37.2 Å². The van der Waals surface area contributed by atoms with Crippen LogP contribution in [0.25, 0.3) is 0 Å². The van der Waals surface area contributed by atoms with Crippen LogP contribution in [-0.2, 0) is 9.47 Å². The Kier molecular flexibility index (Phi) is 3.87. The number of rotatable bonds is 3. The summed E-state index contributed by atoms with van der Waals surface area (Å²) in [4.78, 5) is 11.3. The third-order valence-corrected chi connectivity index (χ3v) is 4.49. The number of ether oxygens (including phenoxy) is 3. The molecule has 3 rings (SSSR count). The van der Waals surface area contributed by atoms with E-state index in [0.717, 1.165) is 31.2 Å². The van der Waals surface area contributed by atoms with Gasteiger partial charge in [0.1, 0.15) is 11.3 Å². The molecule has 0 bridgehead atoms. The standard InChI is InChI=1S/C16H20O5/c1-19-14-3-2-12(10-13(14)15(17)18)11-4-6-16(7-5-11)20-8-9-21-16/h2-3,10-11H,4-9H2,1H3,(H,17,18). The molecule has 1 heterocycles. The Morgan fingerprint density at radius 3 is 2.52 bits per heavy atom. The average Bonchev–Trinajstić information content (AvgIpc) is 2.95. The van der Waals surface area contributed by atoms with Crippen molar-refractivity contribution in [3.63, 3.8) is 0 Å². The van der Waals surface area contributed by atoms with Gasteiger partial charge in [0.25, 0.3) is 0 Å². The van der Waals surface area contributed by atoms with E-state index in [-0.39, 0.29) is 11.4 Å². The van der Waals surface area contributed by atoms with Gasteiger partial charge >= 0.3 is 5.97 Å². The van der Waals surface area contributed by atoms with E-state index >= 15 is 0 Å². The van der Waals surface area contributed by atoms with Crippen molar-refractivity contribution in [3.8, 4) is 5.75 Å². The molecular formula is C16H20O5. The number of carboxylic acid groups (broad SMARTS) is 1. The molecule has 0 radical (unpaired) electrons. The van der Waals surface area contributed by atoms with E-state index in [1.54, 1.807) is 12.1 Å². The van der Waals surface area contributed by atoms with E-state index in [1.807, 2.05) is 6.07 Å². The highest BCUT2D eigenvalue weighted by Gasteiger charge is 2.40. The number of hydrogen-bond acceptors (Lipinski definition) is 4. The summed E-state index contributed by atoms with van der Waals surface area (Å²) in [5.74, 6) is -0.574. The van der Waals surface area contributed by atoms with E-state index in [1.165, 1.54) is 7.11 Å². The molecule has 5 nitrogen and oxygen atoms in total. The molecule has 2 aliphatic rings. The number of methoxy groups -OCH3 is 1. The number of benzene rings is 1. The molecule has 1 aliphatic heterocycles. The smallest absolute Gasteiger partial charge is 0.339 e. The Labute approximate surface area is 123 Å². The summed E-state index contributed by atoms with van der Waals surface area (Å²) in [5.41, 5.74) is 1.28. The van der Waals surface area contributed by atoms with Gasteiger partial charge < -0.3 is 19.3 Å². The summed E-state index contributed by atoms with van der Waals surface area (Å²) < 4.78 is 16.6. The van der Waals surface area contributed by atoms with Crippen LogP contribution < -0.4 is 4.74 Å². The fourth-order valence-corrected chi connectivity index (χ4v) is 3.32. The first kappa shape index (κ1) is 14.4. The van der Waals surface area contributed by atoms with Gasteiger partial charge in [0, 0.05) is 12.8 Å². The van der Waals surface area contributed by atoms with Crippen molar-refractivity contribution in [2.45, 2.75) is 37.4 Å². The largest absolute Gasteiger partial charge is 0.496 e. The lowest BCUT2D eigenvalue weighted by Crippen LogP contribution is -2.34. The first-order chi connectivity index (χ1) is 10.1. The van der Waals surface area contributed by atoms with Gasteiger partial charge in [0.15, 0.2) is 5.79 Å². The highest BCUT2D eigenvalue weighted by Crippen LogP contribution is 2.42. The van der Waals surface area contributed by atoms with E-state index in [2.05, 4.69) is 0 Å². The van der Waals surface area contributed by atoms with Crippen LogP contribution in [0, 0.1) is 0 Å². The zero-order valence-electron chi connectivity index (χ0n) is 12.1. The predicted octanol–water partition coefficient (Wildman–Crippen LogP) is 2.79. The third-order valence-electron chi connectivity index (χ3n) is 4.49. The summed E-state index contributed by atoms with van der Waals surface area (Å²) in [6, 6.07) is 5.44. The molecule has 1 N–H and O–H groups in total. The fraction of sp³-hybridized carbons (Fsp3) is 0.562. The summed E-state index contributed by atoms with van der Waals surface area (Å²) in [6.45, 7) is 1.35. The van der Waals surface area contributed by atoms with Gasteiger partial charge in [-0.1, -0.05) is 6.07 Å². The van der Waals surface area contributed by atoms with E-state index < -0.39 is 5.97 Å². The fourth-order valence-electron chi connectivity index (χ4n) is 3.32. The molecule has 1 aliphatic carbocycles. The van der Waals surface area contributed by atoms with E-state index in [9.17, 15) is 9.90 Å². The first-order valence-corrected chi connectivity index (χ1v) is 7.33. The van der Waals surface area contributed by atoms with Crippen molar-refractivity contribution < 1.29 is 24.1 Å². The second-order valence-corrected chi connectivity index (χ2v) is 5.65. The zero-order chi connectivity index (χ0) is 14.9. The lowest BCUT2D eigenvalue weighted by molar-refractivity contribution is -0.178. The molecule has 1 aromatic carbocycles. The van der Waals surface area contributed by atoms with Crippen LogP contribution in [0.4, 0.5) is 0 Å². The molecule has 2 fully saturated rings. The van der Waals surface area contributed by atoms with E-state index in [4.69, 9.17) is 14.2 Å². The van der Waals surface area contributed by atoms with Gasteiger partial charge in [0.05, 0.1) is 20.3 Å².